The molecule has 0 saturated carbocycles. The standard InChI is InChI=1S/C14H16F4N2O2S/c15-13-4-3-11(7-12(13)14(16,17)18)23(21,22)20-6-5-9-1-2-10(8-20)19-9/h3-4,7,9-10,19H,1-2,5-6,8H2. The Morgan fingerprint density at radius 2 is 1.83 bits per heavy atom. The van der Waals surface area contributed by atoms with Crippen LogP contribution >= 0.6 is 0 Å². The zero-order valence-corrected chi connectivity index (χ0v) is 12.9. The third kappa shape index (κ3) is 3.22. The molecule has 1 aromatic carbocycles. The van der Waals surface area contributed by atoms with Crippen molar-refractivity contribution in [1.29, 1.82) is 0 Å². The van der Waals surface area contributed by atoms with Gasteiger partial charge in [0.1, 0.15) is 5.82 Å². The van der Waals surface area contributed by atoms with Gasteiger partial charge in [-0.15, -0.1) is 0 Å². The van der Waals surface area contributed by atoms with E-state index >= 15 is 0 Å². The fourth-order valence-corrected chi connectivity index (χ4v) is 4.69. The largest absolute Gasteiger partial charge is 0.419 e. The summed E-state index contributed by atoms with van der Waals surface area (Å²) in [6.07, 6.45) is -2.50. The van der Waals surface area contributed by atoms with Crippen molar-refractivity contribution >= 4 is 10.0 Å². The second-order valence-electron chi connectivity index (χ2n) is 5.93. The number of hydrogen-bond donors (Lipinski definition) is 1. The summed E-state index contributed by atoms with van der Waals surface area (Å²) >= 11 is 0. The highest BCUT2D eigenvalue weighted by Crippen LogP contribution is 2.34. The van der Waals surface area contributed by atoms with E-state index in [1.807, 2.05) is 0 Å². The van der Waals surface area contributed by atoms with Crippen LogP contribution in [0.5, 0.6) is 0 Å². The normalized spacial score (nSPS) is 26.3. The van der Waals surface area contributed by atoms with Crippen LogP contribution in [-0.4, -0.2) is 37.9 Å². The maximum atomic E-state index is 13.3. The molecule has 2 bridgehead atoms. The van der Waals surface area contributed by atoms with Gasteiger partial charge in [0.05, 0.1) is 10.5 Å². The molecule has 3 rings (SSSR count). The Morgan fingerprint density at radius 3 is 2.52 bits per heavy atom. The van der Waals surface area contributed by atoms with Gasteiger partial charge in [0.15, 0.2) is 0 Å². The Labute approximate surface area is 131 Å². The van der Waals surface area contributed by atoms with Crippen LogP contribution in [0.3, 0.4) is 0 Å². The topological polar surface area (TPSA) is 49.4 Å². The van der Waals surface area contributed by atoms with E-state index in [-0.39, 0.29) is 25.2 Å². The predicted molar refractivity (Wildman–Crippen MR) is 74.7 cm³/mol. The van der Waals surface area contributed by atoms with Crippen molar-refractivity contribution in [3.8, 4) is 0 Å². The van der Waals surface area contributed by atoms with E-state index in [4.69, 9.17) is 0 Å². The Morgan fingerprint density at radius 1 is 1.13 bits per heavy atom. The highest BCUT2D eigenvalue weighted by molar-refractivity contribution is 7.89. The SMILES string of the molecule is O=S(=O)(c1ccc(F)c(C(F)(F)F)c1)N1CCC2CCC(C1)N2. The van der Waals surface area contributed by atoms with E-state index in [0.29, 0.717) is 18.6 Å². The number of nitrogens with zero attached hydrogens (tertiary/aromatic N) is 1. The first kappa shape index (κ1) is 16.7. The van der Waals surface area contributed by atoms with Crippen molar-refractivity contribution in [3.63, 3.8) is 0 Å². The predicted octanol–water partition coefficient (Wildman–Crippen LogP) is 2.36. The molecule has 2 unspecified atom stereocenters. The van der Waals surface area contributed by atoms with Crippen LogP contribution < -0.4 is 5.32 Å². The lowest BCUT2D eigenvalue weighted by Gasteiger charge is -2.24. The monoisotopic (exact) mass is 352 g/mol. The van der Waals surface area contributed by atoms with Crippen LogP contribution in [0.4, 0.5) is 17.6 Å². The summed E-state index contributed by atoms with van der Waals surface area (Å²) in [6, 6.07) is 2.08. The molecule has 2 heterocycles. The van der Waals surface area contributed by atoms with Gasteiger partial charge in [0.2, 0.25) is 10.0 Å². The summed E-state index contributed by atoms with van der Waals surface area (Å²) < 4.78 is 78.1. The van der Waals surface area contributed by atoms with Crippen molar-refractivity contribution in [3.05, 3.63) is 29.6 Å². The Kier molecular flexibility index (Phi) is 4.14. The zero-order valence-electron chi connectivity index (χ0n) is 12.1. The van der Waals surface area contributed by atoms with Gasteiger partial charge in [0.25, 0.3) is 0 Å². The lowest BCUT2D eigenvalue weighted by atomic mass is 10.1. The molecule has 4 nitrogen and oxygen atoms in total. The molecule has 1 N–H and O–H groups in total. The molecule has 0 radical (unpaired) electrons. The summed E-state index contributed by atoms with van der Waals surface area (Å²) in [4.78, 5) is -0.524. The summed E-state index contributed by atoms with van der Waals surface area (Å²) in [6.45, 7) is 0.465. The van der Waals surface area contributed by atoms with Crippen molar-refractivity contribution < 1.29 is 26.0 Å². The fourth-order valence-electron chi connectivity index (χ4n) is 3.16. The lowest BCUT2D eigenvalue weighted by Crippen LogP contribution is -2.39. The van der Waals surface area contributed by atoms with Gasteiger partial charge in [-0.3, -0.25) is 0 Å². The molecule has 2 fully saturated rings. The van der Waals surface area contributed by atoms with E-state index in [2.05, 4.69) is 5.32 Å². The Hall–Kier alpha value is -1.19. The maximum absolute atomic E-state index is 13.3. The molecule has 1 aromatic rings. The van der Waals surface area contributed by atoms with E-state index in [9.17, 15) is 26.0 Å². The molecular formula is C14H16F4N2O2S. The highest BCUT2D eigenvalue weighted by Gasteiger charge is 2.38. The fraction of sp³-hybridized carbons (Fsp3) is 0.571. The van der Waals surface area contributed by atoms with Gasteiger partial charge >= 0.3 is 6.18 Å². The molecule has 128 valence electrons. The van der Waals surface area contributed by atoms with Crippen LogP contribution in [0.1, 0.15) is 24.8 Å². The van der Waals surface area contributed by atoms with Gasteiger partial charge in [-0.2, -0.15) is 17.5 Å². The quantitative estimate of drug-likeness (QED) is 0.832. The van der Waals surface area contributed by atoms with Gasteiger partial charge < -0.3 is 5.32 Å². The molecule has 9 heteroatoms. The van der Waals surface area contributed by atoms with Crippen molar-refractivity contribution in [2.45, 2.75) is 42.4 Å². The number of alkyl halides is 3. The number of benzene rings is 1. The average molecular weight is 352 g/mol. The van der Waals surface area contributed by atoms with Crippen LogP contribution in [0.15, 0.2) is 23.1 Å². The highest BCUT2D eigenvalue weighted by atomic mass is 32.2. The summed E-state index contributed by atoms with van der Waals surface area (Å²) in [5, 5.41) is 3.30. The first-order valence-electron chi connectivity index (χ1n) is 7.31. The van der Waals surface area contributed by atoms with Crippen LogP contribution in [0.25, 0.3) is 0 Å². The van der Waals surface area contributed by atoms with Crippen LogP contribution in [0.2, 0.25) is 0 Å². The minimum absolute atomic E-state index is 0.0137. The number of halogens is 4. The van der Waals surface area contributed by atoms with Gasteiger partial charge in [0, 0.05) is 25.2 Å². The van der Waals surface area contributed by atoms with Gasteiger partial charge in [-0.25, -0.2) is 12.8 Å². The first-order valence-corrected chi connectivity index (χ1v) is 8.75. The lowest BCUT2D eigenvalue weighted by molar-refractivity contribution is -0.140. The van der Waals surface area contributed by atoms with E-state index in [0.717, 1.165) is 18.9 Å². The molecule has 0 amide bonds. The first-order chi connectivity index (χ1) is 10.7. The minimum atomic E-state index is -4.94. The number of rotatable bonds is 2. The molecule has 0 spiro atoms. The average Bonchev–Trinajstić information content (AvgIpc) is 2.76. The van der Waals surface area contributed by atoms with E-state index in [1.54, 1.807) is 0 Å². The molecule has 2 aliphatic heterocycles. The second-order valence-corrected chi connectivity index (χ2v) is 7.87. The smallest absolute Gasteiger partial charge is 0.310 e. The minimum Gasteiger partial charge on any atom is -0.310 e. The molecule has 2 saturated heterocycles. The van der Waals surface area contributed by atoms with E-state index < -0.39 is 32.5 Å². The third-order valence-electron chi connectivity index (χ3n) is 4.37. The zero-order chi connectivity index (χ0) is 16.8. The van der Waals surface area contributed by atoms with Crippen molar-refractivity contribution in [2.24, 2.45) is 0 Å². The molecule has 23 heavy (non-hydrogen) atoms. The molecular weight excluding hydrogens is 336 g/mol. The maximum Gasteiger partial charge on any atom is 0.419 e. The number of nitrogens with one attached hydrogen (secondary N) is 1. The van der Waals surface area contributed by atoms with E-state index in [1.165, 1.54) is 4.31 Å². The second kappa shape index (κ2) is 5.71. The summed E-state index contributed by atoms with van der Waals surface area (Å²) in [5.74, 6) is -1.48. The molecule has 0 aromatic heterocycles. The van der Waals surface area contributed by atoms with Crippen molar-refractivity contribution in [1.82, 2.24) is 9.62 Å². The van der Waals surface area contributed by atoms with Crippen LogP contribution in [-0.2, 0) is 16.2 Å². The number of sulfonamides is 1. The molecule has 0 aliphatic carbocycles. The summed E-state index contributed by atoms with van der Waals surface area (Å²) in [7, 11) is -4.08. The van der Waals surface area contributed by atoms with Crippen molar-refractivity contribution in [2.75, 3.05) is 13.1 Å². The van der Waals surface area contributed by atoms with Gasteiger partial charge in [-0.1, -0.05) is 0 Å². The van der Waals surface area contributed by atoms with Gasteiger partial charge in [-0.05, 0) is 37.5 Å². The molecule has 2 atom stereocenters. The number of hydrogen-bond acceptors (Lipinski definition) is 3. The Balaban J connectivity index is 1.93. The Bertz CT molecular complexity index is 705. The molecule has 2 aliphatic rings. The van der Waals surface area contributed by atoms with Crippen LogP contribution in [0, 0.1) is 5.82 Å². The third-order valence-corrected chi connectivity index (χ3v) is 6.23. The summed E-state index contributed by atoms with van der Waals surface area (Å²) in [5.41, 5.74) is -1.56. The number of fused-ring (bicyclic) bond motifs is 2.